The highest BCUT2D eigenvalue weighted by molar-refractivity contribution is 7.97. The van der Waals surface area contributed by atoms with Gasteiger partial charge in [0.1, 0.15) is 5.60 Å². The number of carbonyl (C=O) groups excluding carboxylic acids is 3. The highest BCUT2D eigenvalue weighted by Crippen LogP contribution is 2.21. The molecule has 1 saturated carbocycles. The molecule has 30 heavy (non-hydrogen) atoms. The summed E-state index contributed by atoms with van der Waals surface area (Å²) in [6.45, 7) is 7.30. The predicted octanol–water partition coefficient (Wildman–Crippen LogP) is -0.0314. The highest BCUT2D eigenvalue weighted by Gasteiger charge is 2.38. The van der Waals surface area contributed by atoms with Crippen LogP contribution in [0.2, 0.25) is 0 Å². The van der Waals surface area contributed by atoms with Crippen LogP contribution in [0.3, 0.4) is 0 Å². The SMILES string of the molecule is CC(C)(C)OC(=O)NCCCC[C@H](N)C(=O)NC1CC1NCCCNC(=O)CSN. The quantitative estimate of drug-likeness (QED) is 0.160. The Kier molecular flexibility index (Phi) is 12.1. The predicted molar refractivity (Wildman–Crippen MR) is 119 cm³/mol. The molecule has 1 fully saturated rings. The fourth-order valence-electron chi connectivity index (χ4n) is 2.73. The van der Waals surface area contributed by atoms with Gasteiger partial charge in [-0.25, -0.2) is 4.79 Å². The van der Waals surface area contributed by atoms with Crippen LogP contribution in [0.4, 0.5) is 4.79 Å². The summed E-state index contributed by atoms with van der Waals surface area (Å²) in [4.78, 5) is 35.0. The maximum atomic E-state index is 12.2. The largest absolute Gasteiger partial charge is 0.444 e. The molecule has 1 aliphatic carbocycles. The summed E-state index contributed by atoms with van der Waals surface area (Å²) in [7, 11) is 0. The third-order valence-electron chi connectivity index (χ3n) is 4.36. The van der Waals surface area contributed by atoms with E-state index in [9.17, 15) is 14.4 Å². The number of hydrogen-bond acceptors (Lipinski definition) is 8. The van der Waals surface area contributed by atoms with Gasteiger partial charge in [-0.2, -0.15) is 0 Å². The van der Waals surface area contributed by atoms with Gasteiger partial charge < -0.3 is 31.7 Å². The summed E-state index contributed by atoms with van der Waals surface area (Å²) in [5.74, 6) is 0.0645. The number of carbonyl (C=O) groups is 3. The van der Waals surface area contributed by atoms with Crippen LogP contribution in [-0.2, 0) is 14.3 Å². The van der Waals surface area contributed by atoms with Crippen LogP contribution in [-0.4, -0.2) is 67.0 Å². The Balaban J connectivity index is 2.02. The molecule has 0 aromatic carbocycles. The summed E-state index contributed by atoms with van der Waals surface area (Å²) in [6, 6.07) is -0.182. The number of alkyl carbamates (subject to hydrolysis) is 1. The molecule has 0 saturated heterocycles. The lowest BCUT2D eigenvalue weighted by Gasteiger charge is -2.19. The summed E-state index contributed by atoms with van der Waals surface area (Å²) < 4.78 is 5.16. The topological polar surface area (TPSA) is 161 Å². The minimum Gasteiger partial charge on any atom is -0.444 e. The van der Waals surface area contributed by atoms with Crippen LogP contribution in [0.25, 0.3) is 0 Å². The molecule has 10 nitrogen and oxygen atoms in total. The third kappa shape index (κ3) is 12.9. The standard InChI is InChI=1S/C19H38N6O4S/c1-19(2,3)29-18(28)24-8-5-4-7-13(20)17(27)25-15-11-14(15)22-9-6-10-23-16(26)12-30-21/h13-15,22H,4-12,20-21H2,1-3H3,(H,23,26)(H,24,28)(H,25,27)/t13-,14?,15?/m0/s1. The van der Waals surface area contributed by atoms with Crippen LogP contribution in [0.5, 0.6) is 0 Å². The van der Waals surface area contributed by atoms with Crippen LogP contribution < -0.4 is 32.1 Å². The molecule has 0 bridgehead atoms. The van der Waals surface area contributed by atoms with Gasteiger partial charge >= 0.3 is 6.09 Å². The van der Waals surface area contributed by atoms with Crippen molar-refractivity contribution in [1.29, 1.82) is 0 Å². The second kappa shape index (κ2) is 13.7. The molecule has 0 aromatic heterocycles. The molecule has 11 heteroatoms. The number of hydrogen-bond donors (Lipinski definition) is 6. The number of nitrogens with one attached hydrogen (secondary N) is 4. The summed E-state index contributed by atoms with van der Waals surface area (Å²) in [5, 5.41) is 17.0. The zero-order chi connectivity index (χ0) is 22.6. The van der Waals surface area contributed by atoms with Crippen molar-refractivity contribution in [3.63, 3.8) is 0 Å². The lowest BCUT2D eigenvalue weighted by molar-refractivity contribution is -0.122. The van der Waals surface area contributed by atoms with Crippen molar-refractivity contribution in [2.24, 2.45) is 10.9 Å². The van der Waals surface area contributed by atoms with Gasteiger partial charge in [-0.3, -0.25) is 14.7 Å². The monoisotopic (exact) mass is 446 g/mol. The van der Waals surface area contributed by atoms with Crippen molar-refractivity contribution in [2.75, 3.05) is 25.4 Å². The van der Waals surface area contributed by atoms with Crippen molar-refractivity contribution >= 4 is 29.9 Å². The maximum Gasteiger partial charge on any atom is 0.407 e. The van der Waals surface area contributed by atoms with E-state index < -0.39 is 17.7 Å². The van der Waals surface area contributed by atoms with Gasteiger partial charge in [-0.1, -0.05) is 11.9 Å². The van der Waals surface area contributed by atoms with Crippen LogP contribution in [0.15, 0.2) is 0 Å². The van der Waals surface area contributed by atoms with E-state index in [2.05, 4.69) is 21.3 Å². The molecule has 3 atom stereocenters. The second-order valence-electron chi connectivity index (χ2n) is 8.46. The lowest BCUT2D eigenvalue weighted by Crippen LogP contribution is -2.43. The Hall–Kier alpha value is -1.56. The summed E-state index contributed by atoms with van der Waals surface area (Å²) >= 11 is 1.01. The van der Waals surface area contributed by atoms with Crippen molar-refractivity contribution < 1.29 is 19.1 Å². The van der Waals surface area contributed by atoms with E-state index in [-0.39, 0.29) is 29.7 Å². The minimum atomic E-state index is -0.552. The molecule has 0 aliphatic heterocycles. The lowest BCUT2D eigenvalue weighted by atomic mass is 10.1. The Morgan fingerprint density at radius 1 is 1.07 bits per heavy atom. The van der Waals surface area contributed by atoms with Crippen LogP contribution >= 0.6 is 11.9 Å². The number of ether oxygens (including phenoxy) is 1. The first-order valence-electron chi connectivity index (χ1n) is 10.5. The fourth-order valence-corrected chi connectivity index (χ4v) is 2.98. The molecule has 2 unspecified atom stereocenters. The molecule has 8 N–H and O–H groups in total. The first-order valence-corrected chi connectivity index (χ1v) is 11.5. The molecule has 1 rings (SSSR count). The van der Waals surface area contributed by atoms with E-state index in [4.69, 9.17) is 15.6 Å². The smallest absolute Gasteiger partial charge is 0.407 e. The molecule has 0 aromatic rings. The Morgan fingerprint density at radius 3 is 2.43 bits per heavy atom. The zero-order valence-electron chi connectivity index (χ0n) is 18.3. The van der Waals surface area contributed by atoms with Gasteiger partial charge in [0.05, 0.1) is 11.8 Å². The van der Waals surface area contributed by atoms with Gasteiger partial charge in [0.25, 0.3) is 0 Å². The number of unbranched alkanes of at least 4 members (excludes halogenated alkanes) is 1. The third-order valence-corrected chi connectivity index (χ3v) is 4.79. The van der Waals surface area contributed by atoms with Crippen LogP contribution in [0, 0.1) is 0 Å². The van der Waals surface area contributed by atoms with Crippen molar-refractivity contribution in [3.8, 4) is 0 Å². The van der Waals surface area contributed by atoms with Gasteiger partial charge in [0, 0.05) is 25.2 Å². The maximum absolute atomic E-state index is 12.2. The first-order chi connectivity index (χ1) is 14.1. The Labute approximate surface area is 183 Å². The Bertz CT molecular complexity index is 558. The minimum absolute atomic E-state index is 0.0614. The number of amides is 3. The van der Waals surface area contributed by atoms with Gasteiger partial charge in [-0.05, 0) is 59.4 Å². The van der Waals surface area contributed by atoms with Crippen molar-refractivity contribution in [3.05, 3.63) is 0 Å². The van der Waals surface area contributed by atoms with Crippen molar-refractivity contribution in [1.82, 2.24) is 21.3 Å². The van der Waals surface area contributed by atoms with E-state index in [0.29, 0.717) is 19.5 Å². The van der Waals surface area contributed by atoms with E-state index in [0.717, 1.165) is 44.2 Å². The fraction of sp³-hybridized carbons (Fsp3) is 0.842. The van der Waals surface area contributed by atoms with E-state index in [1.165, 1.54) is 0 Å². The number of rotatable bonds is 14. The van der Waals surface area contributed by atoms with E-state index in [1.54, 1.807) is 0 Å². The van der Waals surface area contributed by atoms with E-state index in [1.807, 2.05) is 20.8 Å². The summed E-state index contributed by atoms with van der Waals surface area (Å²) in [5.41, 5.74) is 5.45. The molecule has 0 spiro atoms. The Morgan fingerprint density at radius 2 is 1.77 bits per heavy atom. The molecular formula is C19H38N6O4S. The normalized spacial score (nSPS) is 19.0. The van der Waals surface area contributed by atoms with Gasteiger partial charge in [0.2, 0.25) is 11.8 Å². The van der Waals surface area contributed by atoms with Crippen molar-refractivity contribution in [2.45, 2.75) is 76.6 Å². The van der Waals surface area contributed by atoms with E-state index >= 15 is 0 Å². The molecule has 1 aliphatic rings. The first kappa shape index (κ1) is 26.5. The molecule has 0 radical (unpaired) electrons. The summed E-state index contributed by atoms with van der Waals surface area (Å²) in [6.07, 6.45) is 3.30. The number of nitrogens with two attached hydrogens (primary N) is 2. The average Bonchev–Trinajstić information content (AvgIpc) is 3.37. The average molecular weight is 447 g/mol. The van der Waals surface area contributed by atoms with Gasteiger partial charge in [0.15, 0.2) is 0 Å². The molecule has 0 heterocycles. The van der Waals surface area contributed by atoms with Crippen LogP contribution in [0.1, 0.15) is 52.9 Å². The molecular weight excluding hydrogens is 408 g/mol. The molecule has 174 valence electrons. The highest BCUT2D eigenvalue weighted by atomic mass is 32.2. The molecule has 3 amide bonds. The zero-order valence-corrected chi connectivity index (χ0v) is 19.1. The van der Waals surface area contributed by atoms with Gasteiger partial charge in [-0.15, -0.1) is 0 Å². The second-order valence-corrected chi connectivity index (χ2v) is 9.08.